The van der Waals surface area contributed by atoms with Crippen LogP contribution in [0.25, 0.3) is 0 Å². The van der Waals surface area contributed by atoms with Crippen molar-refractivity contribution in [2.75, 3.05) is 45.9 Å². The molecule has 1 aliphatic carbocycles. The van der Waals surface area contributed by atoms with Crippen molar-refractivity contribution in [2.45, 2.75) is 56.9 Å². The minimum Gasteiger partial charge on any atom is -0.323 e. The Morgan fingerprint density at radius 1 is 0.786 bits per heavy atom. The molecule has 4 aliphatic rings. The van der Waals surface area contributed by atoms with Gasteiger partial charge < -0.3 is 5.32 Å². The van der Waals surface area contributed by atoms with E-state index in [1.54, 1.807) is 8.61 Å². The number of amides is 3. The first kappa shape index (κ1) is 20.1. The van der Waals surface area contributed by atoms with Crippen molar-refractivity contribution in [2.24, 2.45) is 0 Å². The molecule has 1 saturated carbocycles. The highest BCUT2D eigenvalue weighted by molar-refractivity contribution is 7.86. The molecule has 4 rings (SSSR count). The number of hydrogen-bond acceptors (Lipinski definition) is 5. The SMILES string of the molecule is O=C1NC2(CCCC2)C(=O)N1CN1CCN(S(=O)(=O)N2CCCCCC2)CC1. The number of carbonyl (C=O) groups is 2. The lowest BCUT2D eigenvalue weighted by atomic mass is 9.98. The molecular weight excluding hydrogens is 382 g/mol. The fraction of sp³-hybridized carbons (Fsp3) is 0.889. The van der Waals surface area contributed by atoms with Crippen LogP contribution >= 0.6 is 0 Å². The van der Waals surface area contributed by atoms with E-state index in [-0.39, 0.29) is 18.6 Å². The first-order chi connectivity index (χ1) is 13.4. The monoisotopic (exact) mass is 413 g/mol. The summed E-state index contributed by atoms with van der Waals surface area (Å²) in [6.07, 6.45) is 7.40. The first-order valence-electron chi connectivity index (χ1n) is 10.5. The van der Waals surface area contributed by atoms with Gasteiger partial charge in [-0.15, -0.1) is 0 Å². The van der Waals surface area contributed by atoms with E-state index in [9.17, 15) is 18.0 Å². The van der Waals surface area contributed by atoms with Crippen molar-refractivity contribution in [1.29, 1.82) is 0 Å². The predicted molar refractivity (Wildman–Crippen MR) is 104 cm³/mol. The van der Waals surface area contributed by atoms with Crippen molar-refractivity contribution in [3.8, 4) is 0 Å². The molecule has 9 nitrogen and oxygen atoms in total. The molecular formula is C18H31N5O4S. The zero-order valence-corrected chi connectivity index (χ0v) is 17.3. The van der Waals surface area contributed by atoms with Gasteiger partial charge in [0.15, 0.2) is 0 Å². The summed E-state index contributed by atoms with van der Waals surface area (Å²) < 4.78 is 29.0. The molecule has 10 heteroatoms. The number of nitrogens with zero attached hydrogens (tertiary/aromatic N) is 4. The van der Waals surface area contributed by atoms with Crippen LogP contribution in [0.15, 0.2) is 0 Å². The Hall–Kier alpha value is -1.23. The number of rotatable bonds is 4. The normalized spacial score (nSPS) is 28.1. The lowest BCUT2D eigenvalue weighted by molar-refractivity contribution is -0.132. The van der Waals surface area contributed by atoms with Crippen molar-refractivity contribution in [3.63, 3.8) is 0 Å². The Morgan fingerprint density at radius 2 is 1.36 bits per heavy atom. The molecule has 0 atom stereocenters. The molecule has 0 radical (unpaired) electrons. The maximum absolute atomic E-state index is 12.9. The van der Waals surface area contributed by atoms with E-state index < -0.39 is 15.7 Å². The van der Waals surface area contributed by atoms with Gasteiger partial charge in [-0.1, -0.05) is 25.7 Å². The summed E-state index contributed by atoms with van der Waals surface area (Å²) in [6, 6.07) is -0.313. The number of hydrogen-bond donors (Lipinski definition) is 1. The fourth-order valence-corrected chi connectivity index (χ4v) is 6.53. The molecule has 0 aromatic heterocycles. The second-order valence-electron chi connectivity index (χ2n) is 8.43. The van der Waals surface area contributed by atoms with E-state index in [1.807, 2.05) is 4.90 Å². The third-order valence-electron chi connectivity index (χ3n) is 6.59. The van der Waals surface area contributed by atoms with Crippen LogP contribution in [-0.4, -0.2) is 90.2 Å². The maximum Gasteiger partial charge on any atom is 0.326 e. The van der Waals surface area contributed by atoms with E-state index >= 15 is 0 Å². The van der Waals surface area contributed by atoms with E-state index in [2.05, 4.69) is 5.32 Å². The van der Waals surface area contributed by atoms with Gasteiger partial charge in [0, 0.05) is 39.3 Å². The average molecular weight is 414 g/mol. The smallest absolute Gasteiger partial charge is 0.323 e. The van der Waals surface area contributed by atoms with Crippen molar-refractivity contribution >= 4 is 22.1 Å². The fourth-order valence-electron chi connectivity index (χ4n) is 4.86. The molecule has 3 aliphatic heterocycles. The van der Waals surface area contributed by atoms with Crippen LogP contribution in [-0.2, 0) is 15.0 Å². The van der Waals surface area contributed by atoms with Gasteiger partial charge in [0.2, 0.25) is 0 Å². The van der Waals surface area contributed by atoms with Crippen molar-refractivity contribution < 1.29 is 18.0 Å². The van der Waals surface area contributed by atoms with Crippen LogP contribution in [0.2, 0.25) is 0 Å². The minimum atomic E-state index is -3.42. The van der Waals surface area contributed by atoms with E-state index in [4.69, 9.17) is 0 Å². The highest BCUT2D eigenvalue weighted by Gasteiger charge is 2.52. The first-order valence-corrected chi connectivity index (χ1v) is 11.9. The second kappa shape index (κ2) is 7.89. The molecule has 1 spiro atoms. The lowest BCUT2D eigenvalue weighted by Gasteiger charge is -2.37. The Balaban J connectivity index is 1.33. The van der Waals surface area contributed by atoms with Gasteiger partial charge in [0.1, 0.15) is 5.54 Å². The van der Waals surface area contributed by atoms with Gasteiger partial charge >= 0.3 is 6.03 Å². The molecule has 3 amide bonds. The Kier molecular flexibility index (Phi) is 5.65. The van der Waals surface area contributed by atoms with Gasteiger partial charge in [-0.05, 0) is 25.7 Å². The Bertz CT molecular complexity index is 705. The van der Waals surface area contributed by atoms with Crippen molar-refractivity contribution in [1.82, 2.24) is 23.7 Å². The zero-order valence-electron chi connectivity index (χ0n) is 16.4. The summed E-state index contributed by atoms with van der Waals surface area (Å²) in [4.78, 5) is 28.4. The van der Waals surface area contributed by atoms with Crippen LogP contribution in [0.4, 0.5) is 4.79 Å². The van der Waals surface area contributed by atoms with E-state index in [0.29, 0.717) is 39.3 Å². The zero-order chi connectivity index (χ0) is 19.8. The van der Waals surface area contributed by atoms with E-state index in [1.165, 1.54) is 4.90 Å². The van der Waals surface area contributed by atoms with Crippen LogP contribution in [0.3, 0.4) is 0 Å². The van der Waals surface area contributed by atoms with Gasteiger partial charge in [-0.25, -0.2) is 9.69 Å². The van der Waals surface area contributed by atoms with E-state index in [0.717, 1.165) is 51.4 Å². The Labute approximate surface area is 167 Å². The quantitative estimate of drug-likeness (QED) is 0.680. The molecule has 4 fully saturated rings. The summed E-state index contributed by atoms with van der Waals surface area (Å²) in [7, 11) is -3.42. The molecule has 28 heavy (non-hydrogen) atoms. The minimum absolute atomic E-state index is 0.116. The lowest BCUT2D eigenvalue weighted by Crippen LogP contribution is -2.55. The van der Waals surface area contributed by atoms with Crippen molar-refractivity contribution in [3.05, 3.63) is 0 Å². The summed E-state index contributed by atoms with van der Waals surface area (Å²) >= 11 is 0. The van der Waals surface area contributed by atoms with Gasteiger partial charge in [0.05, 0.1) is 6.67 Å². The number of carbonyl (C=O) groups excluding carboxylic acids is 2. The molecule has 0 unspecified atom stereocenters. The number of piperazine rings is 1. The molecule has 0 bridgehead atoms. The molecule has 0 aromatic rings. The van der Waals surface area contributed by atoms with Gasteiger partial charge in [-0.2, -0.15) is 17.0 Å². The molecule has 1 N–H and O–H groups in total. The van der Waals surface area contributed by atoms with Gasteiger partial charge in [-0.3, -0.25) is 9.69 Å². The molecule has 3 heterocycles. The molecule has 3 saturated heterocycles. The summed E-state index contributed by atoms with van der Waals surface area (Å²) in [5.41, 5.74) is -0.686. The topological polar surface area (TPSA) is 93.3 Å². The standard InChI is InChI=1S/C18H31N5O4S/c24-16-18(7-3-4-8-18)19-17(25)23(16)15-20-11-13-22(14-12-20)28(26,27)21-9-5-1-2-6-10-21/h1-15H2,(H,19,25). The number of imide groups is 1. The third kappa shape index (κ3) is 3.67. The van der Waals surface area contributed by atoms with Gasteiger partial charge in [0.25, 0.3) is 16.1 Å². The largest absolute Gasteiger partial charge is 0.326 e. The summed E-state index contributed by atoms with van der Waals surface area (Å²) in [5, 5.41) is 2.90. The van der Waals surface area contributed by atoms with Crippen LogP contribution in [0.5, 0.6) is 0 Å². The molecule has 158 valence electrons. The highest BCUT2D eigenvalue weighted by Crippen LogP contribution is 2.35. The van der Waals surface area contributed by atoms with Crippen LogP contribution < -0.4 is 5.32 Å². The van der Waals surface area contributed by atoms with Crippen LogP contribution in [0, 0.1) is 0 Å². The second-order valence-corrected chi connectivity index (χ2v) is 10.4. The predicted octanol–water partition coefficient (Wildman–Crippen LogP) is 0.547. The summed E-state index contributed by atoms with van der Waals surface area (Å²) in [5.74, 6) is -0.116. The number of urea groups is 1. The average Bonchev–Trinajstić information content (AvgIpc) is 3.09. The van der Waals surface area contributed by atoms with Crippen LogP contribution in [0.1, 0.15) is 51.4 Å². The third-order valence-corrected chi connectivity index (χ3v) is 8.63. The Morgan fingerprint density at radius 3 is 1.96 bits per heavy atom. The highest BCUT2D eigenvalue weighted by atomic mass is 32.2. The summed E-state index contributed by atoms with van der Waals surface area (Å²) in [6.45, 7) is 3.29. The number of nitrogens with one attached hydrogen (secondary N) is 1. The molecule has 0 aromatic carbocycles. The maximum atomic E-state index is 12.9.